The lowest BCUT2D eigenvalue weighted by Crippen LogP contribution is -2.40. The highest BCUT2D eigenvalue weighted by Crippen LogP contribution is 2.35. The van der Waals surface area contributed by atoms with E-state index in [-0.39, 0.29) is 5.41 Å². The Labute approximate surface area is 184 Å². The number of piperidine rings is 1. The number of nitrogens with zero attached hydrogens (tertiary/aromatic N) is 5. The molecule has 2 aromatic carbocycles. The average molecular weight is 410 g/mol. The van der Waals surface area contributed by atoms with Crippen LogP contribution in [0.1, 0.15) is 40.8 Å². The molecule has 0 aliphatic carbocycles. The summed E-state index contributed by atoms with van der Waals surface area (Å²) in [6.07, 6.45) is 6.42. The van der Waals surface area contributed by atoms with Crippen molar-refractivity contribution in [2.24, 2.45) is 5.41 Å². The van der Waals surface area contributed by atoms with Gasteiger partial charge in [0.05, 0.1) is 35.1 Å². The summed E-state index contributed by atoms with van der Waals surface area (Å²) in [5, 5.41) is 19.0. The average Bonchev–Trinajstić information content (AvgIpc) is 3.23. The Morgan fingerprint density at radius 2 is 1.74 bits per heavy atom. The molecular weight excluding hydrogens is 382 g/mol. The molecule has 2 heterocycles. The Morgan fingerprint density at radius 1 is 1.00 bits per heavy atom. The quantitative estimate of drug-likeness (QED) is 0.603. The second-order valence-electron chi connectivity index (χ2n) is 8.59. The number of likely N-dealkylation sites (tertiary alicyclic amines) is 1. The third kappa shape index (κ3) is 4.85. The van der Waals surface area contributed by atoms with E-state index in [4.69, 9.17) is 5.26 Å². The molecule has 156 valence electrons. The van der Waals surface area contributed by atoms with Crippen LogP contribution in [0.2, 0.25) is 0 Å². The summed E-state index contributed by atoms with van der Waals surface area (Å²) >= 11 is 0. The molecule has 3 aromatic rings. The number of imidazole rings is 1. The van der Waals surface area contributed by atoms with Gasteiger partial charge in [0.1, 0.15) is 0 Å². The van der Waals surface area contributed by atoms with Gasteiger partial charge in [-0.15, -0.1) is 0 Å². The first-order chi connectivity index (χ1) is 15.1. The normalized spacial score (nSPS) is 15.8. The summed E-state index contributed by atoms with van der Waals surface area (Å²) in [5.41, 5.74) is 5.29. The van der Waals surface area contributed by atoms with E-state index < -0.39 is 0 Å². The van der Waals surface area contributed by atoms with Crippen molar-refractivity contribution in [1.29, 1.82) is 10.5 Å². The third-order valence-corrected chi connectivity index (χ3v) is 6.46. The number of rotatable bonds is 6. The van der Waals surface area contributed by atoms with Gasteiger partial charge in [0.15, 0.2) is 0 Å². The van der Waals surface area contributed by atoms with Crippen molar-refractivity contribution in [3.05, 3.63) is 89.0 Å². The minimum absolute atomic E-state index is 0.272. The zero-order valence-electron chi connectivity index (χ0n) is 18.0. The van der Waals surface area contributed by atoms with Crippen LogP contribution < -0.4 is 0 Å². The van der Waals surface area contributed by atoms with Crippen molar-refractivity contribution >= 4 is 0 Å². The van der Waals surface area contributed by atoms with Crippen molar-refractivity contribution in [3.63, 3.8) is 0 Å². The fourth-order valence-corrected chi connectivity index (χ4v) is 4.37. The molecule has 0 N–H and O–H groups in total. The lowest BCUT2D eigenvalue weighted by molar-refractivity contribution is 0.136. The van der Waals surface area contributed by atoms with E-state index in [0.29, 0.717) is 5.56 Å². The summed E-state index contributed by atoms with van der Waals surface area (Å²) in [7, 11) is 0. The molecule has 0 atom stereocenters. The highest BCUT2D eigenvalue weighted by Gasteiger charge is 2.35. The Kier molecular flexibility index (Phi) is 6.16. The summed E-state index contributed by atoms with van der Waals surface area (Å²) in [4.78, 5) is 6.79. The SMILES string of the molecule is Cc1ccccc1CC1(C#N)CCN(Cc2cncn2Cc2ccc(C#N)cc2)CC1. The monoisotopic (exact) mass is 409 g/mol. The maximum atomic E-state index is 9.98. The number of hydrogen-bond donors (Lipinski definition) is 0. The Bertz CT molecular complexity index is 1110. The molecule has 0 amide bonds. The second kappa shape index (κ2) is 9.16. The molecule has 4 rings (SSSR count). The summed E-state index contributed by atoms with van der Waals surface area (Å²) in [6, 6.07) is 20.9. The first kappa shape index (κ1) is 20.8. The molecule has 0 unspecified atom stereocenters. The van der Waals surface area contributed by atoms with Crippen LogP contribution in [0.25, 0.3) is 0 Å². The molecule has 1 aliphatic heterocycles. The molecule has 1 aliphatic rings. The molecule has 31 heavy (non-hydrogen) atoms. The molecule has 0 spiro atoms. The largest absolute Gasteiger partial charge is 0.329 e. The lowest BCUT2D eigenvalue weighted by Gasteiger charge is -2.37. The molecule has 1 saturated heterocycles. The molecule has 5 nitrogen and oxygen atoms in total. The van der Waals surface area contributed by atoms with E-state index in [0.717, 1.165) is 51.0 Å². The van der Waals surface area contributed by atoms with Crippen molar-refractivity contribution in [2.75, 3.05) is 13.1 Å². The highest BCUT2D eigenvalue weighted by molar-refractivity contribution is 5.32. The fraction of sp³-hybridized carbons (Fsp3) is 0.346. The maximum absolute atomic E-state index is 9.98. The van der Waals surface area contributed by atoms with Crippen LogP contribution in [0.15, 0.2) is 61.1 Å². The van der Waals surface area contributed by atoms with Crippen molar-refractivity contribution in [2.45, 2.75) is 39.3 Å². The van der Waals surface area contributed by atoms with E-state index in [2.05, 4.69) is 57.8 Å². The van der Waals surface area contributed by atoms with Crippen molar-refractivity contribution < 1.29 is 0 Å². The van der Waals surface area contributed by atoms with Crippen LogP contribution in [0.3, 0.4) is 0 Å². The summed E-state index contributed by atoms with van der Waals surface area (Å²) in [5.74, 6) is 0. The predicted octanol–water partition coefficient (Wildman–Crippen LogP) is 4.46. The van der Waals surface area contributed by atoms with Gasteiger partial charge in [-0.25, -0.2) is 4.98 Å². The topological polar surface area (TPSA) is 68.6 Å². The Hall–Kier alpha value is -3.41. The number of benzene rings is 2. The number of aromatic nitrogens is 2. The van der Waals surface area contributed by atoms with Gasteiger partial charge in [-0.2, -0.15) is 10.5 Å². The van der Waals surface area contributed by atoms with Gasteiger partial charge in [-0.1, -0.05) is 36.4 Å². The number of hydrogen-bond acceptors (Lipinski definition) is 4. The highest BCUT2D eigenvalue weighted by atomic mass is 15.2. The number of nitriles is 2. The summed E-state index contributed by atoms with van der Waals surface area (Å²) in [6.45, 7) is 5.54. The molecule has 1 fully saturated rings. The maximum Gasteiger partial charge on any atom is 0.0991 e. The minimum atomic E-state index is -0.272. The van der Waals surface area contributed by atoms with Crippen LogP contribution in [-0.2, 0) is 19.5 Å². The van der Waals surface area contributed by atoms with Crippen molar-refractivity contribution in [1.82, 2.24) is 14.5 Å². The van der Waals surface area contributed by atoms with Crippen LogP contribution in [-0.4, -0.2) is 27.5 Å². The molecular formula is C26H27N5. The standard InChI is InChI=1S/C26H27N5/c1-21-4-2-3-5-24(21)14-26(19-28)10-12-30(13-11-26)18-25-16-29-20-31(25)17-23-8-6-22(15-27)7-9-23/h2-9,16,20H,10-14,17-18H2,1H3. The van der Waals surface area contributed by atoms with Gasteiger partial charge in [0.25, 0.3) is 0 Å². The molecule has 0 saturated carbocycles. The summed E-state index contributed by atoms with van der Waals surface area (Å²) < 4.78 is 2.17. The predicted molar refractivity (Wildman–Crippen MR) is 120 cm³/mol. The fourth-order valence-electron chi connectivity index (χ4n) is 4.37. The van der Waals surface area contributed by atoms with Crippen LogP contribution in [0.5, 0.6) is 0 Å². The van der Waals surface area contributed by atoms with Gasteiger partial charge in [-0.3, -0.25) is 4.90 Å². The first-order valence-corrected chi connectivity index (χ1v) is 10.8. The van der Waals surface area contributed by atoms with E-state index in [1.54, 1.807) is 0 Å². The molecule has 0 radical (unpaired) electrons. The van der Waals surface area contributed by atoms with Gasteiger partial charge >= 0.3 is 0 Å². The lowest BCUT2D eigenvalue weighted by atomic mass is 9.74. The molecule has 1 aromatic heterocycles. The van der Waals surface area contributed by atoms with Crippen LogP contribution in [0, 0.1) is 35.0 Å². The third-order valence-electron chi connectivity index (χ3n) is 6.46. The number of aryl methyl sites for hydroxylation is 1. The van der Waals surface area contributed by atoms with Gasteiger partial charge in [-0.05, 0) is 55.0 Å². The molecule has 5 heteroatoms. The van der Waals surface area contributed by atoms with E-state index >= 15 is 0 Å². The van der Waals surface area contributed by atoms with Gasteiger partial charge < -0.3 is 4.57 Å². The zero-order chi connectivity index (χ0) is 21.7. The Balaban J connectivity index is 1.38. The smallest absolute Gasteiger partial charge is 0.0991 e. The van der Waals surface area contributed by atoms with Crippen LogP contribution in [0.4, 0.5) is 0 Å². The van der Waals surface area contributed by atoms with E-state index in [1.807, 2.05) is 36.8 Å². The Morgan fingerprint density at radius 3 is 2.42 bits per heavy atom. The second-order valence-corrected chi connectivity index (χ2v) is 8.59. The molecule has 0 bridgehead atoms. The van der Waals surface area contributed by atoms with Gasteiger partial charge in [0, 0.05) is 32.4 Å². The van der Waals surface area contributed by atoms with Gasteiger partial charge in [0.2, 0.25) is 0 Å². The van der Waals surface area contributed by atoms with Crippen molar-refractivity contribution in [3.8, 4) is 12.1 Å². The van der Waals surface area contributed by atoms with E-state index in [1.165, 1.54) is 16.8 Å². The first-order valence-electron chi connectivity index (χ1n) is 10.8. The zero-order valence-corrected chi connectivity index (χ0v) is 18.0. The van der Waals surface area contributed by atoms with E-state index in [9.17, 15) is 5.26 Å². The minimum Gasteiger partial charge on any atom is -0.329 e. The van der Waals surface area contributed by atoms with Crippen LogP contribution >= 0.6 is 0 Å².